The van der Waals surface area contributed by atoms with Crippen molar-refractivity contribution >= 4 is 17.2 Å². The number of amides is 1. The molecule has 1 amide bonds. The van der Waals surface area contributed by atoms with E-state index < -0.39 is 0 Å². The third kappa shape index (κ3) is 3.09. The lowest BCUT2D eigenvalue weighted by atomic mass is 9.97. The average Bonchev–Trinajstić information content (AvgIpc) is 2.99. The van der Waals surface area contributed by atoms with Gasteiger partial charge in [-0.1, -0.05) is 19.8 Å². The van der Waals surface area contributed by atoms with E-state index >= 15 is 0 Å². The van der Waals surface area contributed by atoms with Gasteiger partial charge in [0.25, 0.3) is 0 Å². The summed E-state index contributed by atoms with van der Waals surface area (Å²) in [5.41, 5.74) is 6.53. The van der Waals surface area contributed by atoms with Crippen LogP contribution in [0.25, 0.3) is 0 Å². The number of aryl methyl sites for hydroxylation is 1. The molecule has 18 heavy (non-hydrogen) atoms. The number of rotatable bonds is 5. The zero-order chi connectivity index (χ0) is 13.0. The van der Waals surface area contributed by atoms with Gasteiger partial charge >= 0.3 is 0 Å². The monoisotopic (exact) mass is 267 g/mol. The average molecular weight is 267 g/mol. The molecule has 0 aromatic carbocycles. The van der Waals surface area contributed by atoms with Crippen LogP contribution in [0, 0.1) is 0 Å². The maximum atomic E-state index is 12.0. The van der Waals surface area contributed by atoms with Gasteiger partial charge in [0.1, 0.15) is 0 Å². The molecule has 1 fully saturated rings. The Morgan fingerprint density at radius 3 is 2.83 bits per heavy atom. The first kappa shape index (κ1) is 13.5. The molecule has 1 aromatic heterocycles. The highest BCUT2D eigenvalue weighted by molar-refractivity contribution is 7.09. The Balaban J connectivity index is 1.91. The Morgan fingerprint density at radius 1 is 1.56 bits per heavy atom. The number of hydrogen-bond donors (Lipinski definition) is 2. The maximum absolute atomic E-state index is 12.0. The van der Waals surface area contributed by atoms with Crippen LogP contribution in [0.1, 0.15) is 43.3 Å². The molecule has 100 valence electrons. The fraction of sp³-hybridized carbons (Fsp3) is 0.692. The summed E-state index contributed by atoms with van der Waals surface area (Å²) in [6.07, 6.45) is 5.64. The van der Waals surface area contributed by atoms with E-state index in [9.17, 15) is 4.79 Å². The Kier molecular flexibility index (Phi) is 4.35. The first-order valence-corrected chi connectivity index (χ1v) is 7.50. The number of carbonyl (C=O) groups excluding carboxylic acids is 1. The Hall–Kier alpha value is -0.940. The van der Waals surface area contributed by atoms with E-state index in [2.05, 4.69) is 17.2 Å². The molecular weight excluding hydrogens is 246 g/mol. The summed E-state index contributed by atoms with van der Waals surface area (Å²) in [4.78, 5) is 16.4. The van der Waals surface area contributed by atoms with Gasteiger partial charge < -0.3 is 11.1 Å². The lowest BCUT2D eigenvalue weighted by Crippen LogP contribution is -2.52. The summed E-state index contributed by atoms with van der Waals surface area (Å²) in [7, 11) is 0. The highest BCUT2D eigenvalue weighted by atomic mass is 32.1. The molecule has 0 radical (unpaired) electrons. The quantitative estimate of drug-likeness (QED) is 0.852. The molecule has 1 aromatic rings. The van der Waals surface area contributed by atoms with Crippen LogP contribution in [-0.4, -0.2) is 23.0 Å². The topological polar surface area (TPSA) is 68.0 Å². The van der Waals surface area contributed by atoms with E-state index in [1.165, 1.54) is 0 Å². The number of nitrogens with zero attached hydrogens (tertiary/aromatic N) is 1. The molecule has 0 spiro atoms. The number of nitrogens with two attached hydrogens (primary N) is 1. The maximum Gasteiger partial charge on any atom is 0.226 e. The third-order valence-electron chi connectivity index (χ3n) is 3.60. The van der Waals surface area contributed by atoms with Gasteiger partial charge in [-0.15, -0.1) is 11.3 Å². The standard InChI is InChI=1S/C13H21N3OS/c1-2-12-15-10(8-18-12)7-11(17)16-13(9-14)5-3-4-6-13/h8H,2-7,9,14H2,1H3,(H,16,17). The number of hydrogen-bond acceptors (Lipinski definition) is 4. The van der Waals surface area contributed by atoms with Crippen molar-refractivity contribution in [3.05, 3.63) is 16.1 Å². The lowest BCUT2D eigenvalue weighted by molar-refractivity contribution is -0.122. The van der Waals surface area contributed by atoms with Crippen LogP contribution in [-0.2, 0) is 17.6 Å². The van der Waals surface area contributed by atoms with E-state index in [4.69, 9.17) is 5.73 Å². The largest absolute Gasteiger partial charge is 0.349 e. The van der Waals surface area contributed by atoms with Crippen LogP contribution < -0.4 is 11.1 Å². The van der Waals surface area contributed by atoms with Crippen LogP contribution in [0.2, 0.25) is 0 Å². The van der Waals surface area contributed by atoms with Crippen molar-refractivity contribution in [1.82, 2.24) is 10.3 Å². The van der Waals surface area contributed by atoms with Crippen molar-refractivity contribution in [2.24, 2.45) is 5.73 Å². The molecule has 2 rings (SSSR count). The molecule has 5 heteroatoms. The molecule has 0 bridgehead atoms. The summed E-state index contributed by atoms with van der Waals surface area (Å²) in [5, 5.41) is 6.18. The zero-order valence-electron chi connectivity index (χ0n) is 10.9. The highest BCUT2D eigenvalue weighted by Gasteiger charge is 2.33. The smallest absolute Gasteiger partial charge is 0.226 e. The minimum atomic E-state index is -0.152. The van der Waals surface area contributed by atoms with Crippen molar-refractivity contribution < 1.29 is 4.79 Å². The number of nitrogens with one attached hydrogen (secondary N) is 1. The molecular formula is C13H21N3OS. The summed E-state index contributed by atoms with van der Waals surface area (Å²) < 4.78 is 0. The van der Waals surface area contributed by atoms with Crippen LogP contribution in [0.15, 0.2) is 5.38 Å². The predicted molar refractivity (Wildman–Crippen MR) is 73.6 cm³/mol. The second-order valence-corrected chi connectivity index (χ2v) is 5.95. The van der Waals surface area contributed by atoms with Gasteiger partial charge in [0, 0.05) is 11.9 Å². The van der Waals surface area contributed by atoms with Crippen molar-refractivity contribution in [2.75, 3.05) is 6.54 Å². The van der Waals surface area contributed by atoms with Gasteiger partial charge in [-0.25, -0.2) is 4.98 Å². The van der Waals surface area contributed by atoms with Gasteiger partial charge in [0.15, 0.2) is 0 Å². The van der Waals surface area contributed by atoms with E-state index in [0.717, 1.165) is 42.8 Å². The van der Waals surface area contributed by atoms with E-state index in [0.29, 0.717) is 13.0 Å². The highest BCUT2D eigenvalue weighted by Crippen LogP contribution is 2.28. The molecule has 1 saturated carbocycles. The summed E-state index contributed by atoms with van der Waals surface area (Å²) in [6.45, 7) is 2.61. The van der Waals surface area contributed by atoms with Gasteiger partial charge in [-0.05, 0) is 19.3 Å². The fourth-order valence-electron chi connectivity index (χ4n) is 2.53. The van der Waals surface area contributed by atoms with E-state index in [1.807, 2.05) is 5.38 Å². The molecule has 3 N–H and O–H groups in total. The lowest BCUT2D eigenvalue weighted by Gasteiger charge is -2.28. The van der Waals surface area contributed by atoms with Gasteiger partial charge in [0.2, 0.25) is 5.91 Å². The van der Waals surface area contributed by atoms with E-state index in [1.54, 1.807) is 11.3 Å². The molecule has 0 aliphatic heterocycles. The summed E-state index contributed by atoms with van der Waals surface area (Å²) in [6, 6.07) is 0. The number of carbonyl (C=O) groups is 1. The minimum Gasteiger partial charge on any atom is -0.349 e. The second-order valence-electron chi connectivity index (χ2n) is 5.00. The first-order valence-electron chi connectivity index (χ1n) is 6.62. The Bertz CT molecular complexity index is 410. The fourth-order valence-corrected chi connectivity index (χ4v) is 3.27. The van der Waals surface area contributed by atoms with Crippen molar-refractivity contribution in [3.63, 3.8) is 0 Å². The van der Waals surface area contributed by atoms with Gasteiger partial charge in [-0.3, -0.25) is 4.79 Å². The van der Waals surface area contributed by atoms with Crippen molar-refractivity contribution in [2.45, 2.75) is 51.0 Å². The van der Waals surface area contributed by atoms with E-state index in [-0.39, 0.29) is 11.4 Å². The predicted octanol–water partition coefficient (Wildman–Crippen LogP) is 1.64. The van der Waals surface area contributed by atoms with Gasteiger partial charge in [0.05, 0.1) is 22.7 Å². The first-order chi connectivity index (χ1) is 8.67. The molecule has 0 atom stereocenters. The molecule has 1 aliphatic carbocycles. The van der Waals surface area contributed by atoms with Crippen LogP contribution in [0.4, 0.5) is 0 Å². The SMILES string of the molecule is CCc1nc(CC(=O)NC2(CN)CCCC2)cs1. The Labute approximate surface area is 112 Å². The van der Waals surface area contributed by atoms with Gasteiger partial charge in [-0.2, -0.15) is 0 Å². The zero-order valence-corrected chi connectivity index (χ0v) is 11.7. The molecule has 4 nitrogen and oxygen atoms in total. The molecule has 0 saturated heterocycles. The molecule has 1 aliphatic rings. The summed E-state index contributed by atoms with van der Waals surface area (Å²) in [5.74, 6) is 0.0512. The third-order valence-corrected chi connectivity index (χ3v) is 4.64. The molecule has 1 heterocycles. The number of thiazole rings is 1. The Morgan fingerprint density at radius 2 is 2.28 bits per heavy atom. The van der Waals surface area contributed by atoms with Crippen LogP contribution >= 0.6 is 11.3 Å². The normalized spacial score (nSPS) is 17.9. The van der Waals surface area contributed by atoms with Crippen molar-refractivity contribution in [3.8, 4) is 0 Å². The number of aromatic nitrogens is 1. The van der Waals surface area contributed by atoms with Crippen LogP contribution in [0.3, 0.4) is 0 Å². The van der Waals surface area contributed by atoms with Crippen molar-refractivity contribution in [1.29, 1.82) is 0 Å². The minimum absolute atomic E-state index is 0.0512. The second kappa shape index (κ2) is 5.80. The van der Waals surface area contributed by atoms with Crippen LogP contribution in [0.5, 0.6) is 0 Å². The summed E-state index contributed by atoms with van der Waals surface area (Å²) >= 11 is 1.62. The molecule has 0 unspecified atom stereocenters.